The molecular formula is C22H25N3O3. The van der Waals surface area contributed by atoms with Crippen molar-refractivity contribution in [2.75, 3.05) is 11.9 Å². The standard InChI is InChI=1S/C22H25N3O3/c1-4-27-19-11-7-16(8-12-19)13-20(26)23-22-25-24-21(28-22)14-17-5-9-18(10-6-17)15(2)3/h5-12,15H,4,13-14H2,1-3H3,(H,23,25,26). The zero-order valence-corrected chi connectivity index (χ0v) is 16.4. The van der Waals surface area contributed by atoms with E-state index >= 15 is 0 Å². The van der Waals surface area contributed by atoms with Gasteiger partial charge in [-0.3, -0.25) is 10.1 Å². The molecule has 1 amide bonds. The van der Waals surface area contributed by atoms with Gasteiger partial charge >= 0.3 is 6.01 Å². The molecule has 0 aliphatic heterocycles. The van der Waals surface area contributed by atoms with Gasteiger partial charge in [0.05, 0.1) is 19.4 Å². The average Bonchev–Trinajstić information content (AvgIpc) is 3.10. The van der Waals surface area contributed by atoms with E-state index in [1.807, 2.05) is 31.2 Å². The number of benzene rings is 2. The lowest BCUT2D eigenvalue weighted by atomic mass is 10.0. The first kappa shape index (κ1) is 19.6. The van der Waals surface area contributed by atoms with Gasteiger partial charge in [0.15, 0.2) is 0 Å². The van der Waals surface area contributed by atoms with Crippen LogP contribution in [0.2, 0.25) is 0 Å². The maximum absolute atomic E-state index is 12.2. The normalized spacial score (nSPS) is 10.9. The molecule has 0 saturated heterocycles. The van der Waals surface area contributed by atoms with Crippen LogP contribution in [0.1, 0.15) is 49.3 Å². The van der Waals surface area contributed by atoms with Crippen molar-refractivity contribution in [3.63, 3.8) is 0 Å². The maximum Gasteiger partial charge on any atom is 0.322 e. The highest BCUT2D eigenvalue weighted by molar-refractivity contribution is 5.90. The number of anilines is 1. The van der Waals surface area contributed by atoms with Crippen molar-refractivity contribution in [2.24, 2.45) is 0 Å². The Kier molecular flexibility index (Phi) is 6.42. The summed E-state index contributed by atoms with van der Waals surface area (Å²) in [7, 11) is 0. The number of rotatable bonds is 8. The second-order valence-corrected chi connectivity index (χ2v) is 6.88. The molecule has 6 nitrogen and oxygen atoms in total. The summed E-state index contributed by atoms with van der Waals surface area (Å²) in [4.78, 5) is 12.2. The van der Waals surface area contributed by atoms with E-state index in [9.17, 15) is 4.79 Å². The van der Waals surface area contributed by atoms with Crippen LogP contribution in [0.4, 0.5) is 6.01 Å². The van der Waals surface area contributed by atoms with Crippen molar-refractivity contribution in [3.8, 4) is 5.75 Å². The van der Waals surface area contributed by atoms with Crippen molar-refractivity contribution in [1.29, 1.82) is 0 Å². The van der Waals surface area contributed by atoms with Crippen LogP contribution < -0.4 is 10.1 Å². The largest absolute Gasteiger partial charge is 0.494 e. The Morgan fingerprint density at radius 3 is 2.36 bits per heavy atom. The molecule has 0 radical (unpaired) electrons. The third-order valence-corrected chi connectivity index (χ3v) is 4.31. The SMILES string of the molecule is CCOc1ccc(CC(=O)Nc2nnc(Cc3ccc(C(C)C)cc3)o2)cc1. The fourth-order valence-corrected chi connectivity index (χ4v) is 2.79. The number of amides is 1. The number of nitrogens with zero attached hydrogens (tertiary/aromatic N) is 2. The predicted molar refractivity (Wildman–Crippen MR) is 108 cm³/mol. The summed E-state index contributed by atoms with van der Waals surface area (Å²) in [6.07, 6.45) is 0.751. The summed E-state index contributed by atoms with van der Waals surface area (Å²) in [6.45, 7) is 6.87. The number of carbonyl (C=O) groups is 1. The summed E-state index contributed by atoms with van der Waals surface area (Å²) in [5.41, 5.74) is 3.25. The smallest absolute Gasteiger partial charge is 0.322 e. The van der Waals surface area contributed by atoms with Gasteiger partial charge in [0.1, 0.15) is 5.75 Å². The molecule has 0 aliphatic carbocycles. The Labute approximate surface area is 164 Å². The molecule has 0 bridgehead atoms. The summed E-state index contributed by atoms with van der Waals surface area (Å²) < 4.78 is 10.9. The Morgan fingerprint density at radius 2 is 1.71 bits per heavy atom. The fourth-order valence-electron chi connectivity index (χ4n) is 2.79. The lowest BCUT2D eigenvalue weighted by Gasteiger charge is -2.05. The predicted octanol–water partition coefficient (Wildman–Crippen LogP) is 4.36. The summed E-state index contributed by atoms with van der Waals surface area (Å²) in [5.74, 6) is 1.54. The maximum atomic E-state index is 12.2. The molecule has 3 aromatic rings. The first-order chi connectivity index (χ1) is 13.5. The molecule has 1 aromatic heterocycles. The van der Waals surface area contributed by atoms with E-state index in [0.29, 0.717) is 24.8 Å². The Balaban J connectivity index is 1.54. The van der Waals surface area contributed by atoms with Gasteiger partial charge in [0, 0.05) is 0 Å². The molecule has 1 heterocycles. The second kappa shape index (κ2) is 9.17. The first-order valence-electron chi connectivity index (χ1n) is 9.46. The fraction of sp³-hybridized carbons (Fsp3) is 0.318. The van der Waals surface area contributed by atoms with Crippen molar-refractivity contribution in [1.82, 2.24) is 10.2 Å². The monoisotopic (exact) mass is 379 g/mol. The van der Waals surface area contributed by atoms with E-state index in [2.05, 4.69) is 53.6 Å². The van der Waals surface area contributed by atoms with E-state index in [4.69, 9.17) is 9.15 Å². The quantitative estimate of drug-likeness (QED) is 0.629. The summed E-state index contributed by atoms with van der Waals surface area (Å²) >= 11 is 0. The van der Waals surface area contributed by atoms with Gasteiger partial charge in [-0.1, -0.05) is 55.3 Å². The molecular weight excluding hydrogens is 354 g/mol. The van der Waals surface area contributed by atoms with Gasteiger partial charge in [-0.15, -0.1) is 5.10 Å². The average molecular weight is 379 g/mol. The third-order valence-electron chi connectivity index (χ3n) is 4.31. The van der Waals surface area contributed by atoms with Gasteiger partial charge < -0.3 is 9.15 Å². The first-order valence-corrected chi connectivity index (χ1v) is 9.46. The van der Waals surface area contributed by atoms with Crippen LogP contribution in [-0.2, 0) is 17.6 Å². The lowest BCUT2D eigenvalue weighted by molar-refractivity contribution is -0.115. The molecule has 0 unspecified atom stereocenters. The van der Waals surface area contributed by atoms with Crippen molar-refractivity contribution < 1.29 is 13.9 Å². The Bertz CT molecular complexity index is 900. The van der Waals surface area contributed by atoms with Gasteiger partial charge in [0.2, 0.25) is 11.8 Å². The number of ether oxygens (including phenoxy) is 1. The Morgan fingerprint density at radius 1 is 1.04 bits per heavy atom. The minimum absolute atomic E-state index is 0.115. The molecule has 0 spiro atoms. The molecule has 28 heavy (non-hydrogen) atoms. The van der Waals surface area contributed by atoms with E-state index in [-0.39, 0.29) is 18.3 Å². The number of nitrogens with one attached hydrogen (secondary N) is 1. The highest BCUT2D eigenvalue weighted by atomic mass is 16.5. The Hall–Kier alpha value is -3.15. The second-order valence-electron chi connectivity index (χ2n) is 6.88. The molecule has 0 saturated carbocycles. The van der Waals surface area contributed by atoms with E-state index < -0.39 is 0 Å². The molecule has 0 fully saturated rings. The van der Waals surface area contributed by atoms with E-state index in [1.165, 1.54) is 5.56 Å². The molecule has 2 aromatic carbocycles. The van der Waals surface area contributed by atoms with E-state index in [0.717, 1.165) is 16.9 Å². The van der Waals surface area contributed by atoms with Gasteiger partial charge in [-0.05, 0) is 41.7 Å². The number of hydrogen-bond donors (Lipinski definition) is 1. The van der Waals surface area contributed by atoms with Crippen molar-refractivity contribution >= 4 is 11.9 Å². The van der Waals surface area contributed by atoms with Crippen LogP contribution in [0.25, 0.3) is 0 Å². The third kappa shape index (κ3) is 5.42. The number of aromatic nitrogens is 2. The van der Waals surface area contributed by atoms with Crippen molar-refractivity contribution in [3.05, 3.63) is 71.1 Å². The van der Waals surface area contributed by atoms with Gasteiger partial charge in [-0.2, -0.15) is 0 Å². The minimum atomic E-state index is -0.208. The zero-order valence-electron chi connectivity index (χ0n) is 16.4. The van der Waals surface area contributed by atoms with Crippen molar-refractivity contribution in [2.45, 2.75) is 39.5 Å². The summed E-state index contributed by atoms with van der Waals surface area (Å²) in [5, 5.41) is 10.6. The van der Waals surface area contributed by atoms with Gasteiger partial charge in [0.25, 0.3) is 0 Å². The minimum Gasteiger partial charge on any atom is -0.494 e. The number of hydrogen-bond acceptors (Lipinski definition) is 5. The van der Waals surface area contributed by atoms with Crippen LogP contribution in [-0.4, -0.2) is 22.7 Å². The van der Waals surface area contributed by atoms with Crippen LogP contribution in [0, 0.1) is 0 Å². The lowest BCUT2D eigenvalue weighted by Crippen LogP contribution is -2.14. The molecule has 6 heteroatoms. The number of carbonyl (C=O) groups excluding carboxylic acids is 1. The van der Waals surface area contributed by atoms with Crippen LogP contribution >= 0.6 is 0 Å². The van der Waals surface area contributed by atoms with Crippen LogP contribution in [0.15, 0.2) is 52.9 Å². The molecule has 3 rings (SSSR count). The highest BCUT2D eigenvalue weighted by Gasteiger charge is 2.11. The van der Waals surface area contributed by atoms with E-state index in [1.54, 1.807) is 0 Å². The van der Waals surface area contributed by atoms with Crippen LogP contribution in [0.5, 0.6) is 5.75 Å². The highest BCUT2D eigenvalue weighted by Crippen LogP contribution is 2.17. The zero-order chi connectivity index (χ0) is 19.9. The topological polar surface area (TPSA) is 77.2 Å². The molecule has 0 aliphatic rings. The molecule has 1 N–H and O–H groups in total. The van der Waals surface area contributed by atoms with Crippen LogP contribution in [0.3, 0.4) is 0 Å². The molecule has 0 atom stereocenters. The molecule has 146 valence electrons. The summed E-state index contributed by atoms with van der Waals surface area (Å²) in [6, 6.07) is 15.9. The van der Waals surface area contributed by atoms with Gasteiger partial charge in [-0.25, -0.2) is 0 Å².